The van der Waals surface area contributed by atoms with E-state index < -0.39 is 0 Å². The van der Waals surface area contributed by atoms with Gasteiger partial charge in [-0.2, -0.15) is 0 Å². The Morgan fingerprint density at radius 2 is 1.60 bits per heavy atom. The minimum absolute atomic E-state index is 0.176. The molecular weight excluding hydrogens is 316 g/mol. The Labute approximate surface area is 148 Å². The molecule has 0 atom stereocenters. The Bertz CT molecular complexity index is 707. The molecule has 0 bridgehead atoms. The van der Waals surface area contributed by atoms with Crippen molar-refractivity contribution in [3.05, 3.63) is 54.1 Å². The molecule has 0 saturated carbocycles. The predicted molar refractivity (Wildman–Crippen MR) is 98.5 cm³/mol. The second-order valence-electron chi connectivity index (χ2n) is 6.09. The van der Waals surface area contributed by atoms with Gasteiger partial charge in [0.05, 0.1) is 20.6 Å². The van der Waals surface area contributed by atoms with Crippen molar-refractivity contribution in [2.45, 2.75) is 6.42 Å². The summed E-state index contributed by atoms with van der Waals surface area (Å²) in [6.45, 7) is 3.15. The normalized spacial score (nSPS) is 14.3. The molecule has 2 aromatic carbocycles. The highest BCUT2D eigenvalue weighted by atomic mass is 16.5. The van der Waals surface area contributed by atoms with Crippen molar-refractivity contribution in [2.24, 2.45) is 0 Å². The van der Waals surface area contributed by atoms with Crippen LogP contribution in [0, 0.1) is 0 Å². The van der Waals surface area contributed by atoms with E-state index in [2.05, 4.69) is 11.0 Å². The third kappa shape index (κ3) is 4.24. The zero-order valence-electron chi connectivity index (χ0n) is 14.8. The maximum absolute atomic E-state index is 12.5. The molecule has 5 nitrogen and oxygen atoms in total. The number of nitrogens with zero attached hydrogens (tertiary/aromatic N) is 2. The zero-order chi connectivity index (χ0) is 17.6. The molecule has 0 aliphatic carbocycles. The Hall–Kier alpha value is -2.69. The van der Waals surface area contributed by atoms with E-state index in [1.165, 1.54) is 0 Å². The van der Waals surface area contributed by atoms with Crippen LogP contribution in [0.1, 0.15) is 5.56 Å². The van der Waals surface area contributed by atoms with Crippen molar-refractivity contribution in [2.75, 3.05) is 45.3 Å². The van der Waals surface area contributed by atoms with E-state index in [1.54, 1.807) is 14.2 Å². The first kappa shape index (κ1) is 17.1. The van der Waals surface area contributed by atoms with Crippen LogP contribution in [0.25, 0.3) is 0 Å². The third-order valence-electron chi connectivity index (χ3n) is 4.57. The fraction of sp³-hybridized carbons (Fsp3) is 0.350. The fourth-order valence-electron chi connectivity index (χ4n) is 3.05. The number of anilines is 1. The number of amides is 1. The summed E-state index contributed by atoms with van der Waals surface area (Å²) in [7, 11) is 3.32. The highest BCUT2D eigenvalue weighted by Gasteiger charge is 2.21. The molecule has 1 heterocycles. The molecule has 5 heteroatoms. The summed E-state index contributed by atoms with van der Waals surface area (Å²) in [5.74, 6) is 1.84. The molecule has 0 N–H and O–H groups in total. The summed E-state index contributed by atoms with van der Waals surface area (Å²) in [4.78, 5) is 16.8. The van der Waals surface area contributed by atoms with E-state index in [0.717, 1.165) is 48.9 Å². The van der Waals surface area contributed by atoms with Crippen LogP contribution < -0.4 is 14.4 Å². The highest BCUT2D eigenvalue weighted by molar-refractivity contribution is 5.79. The Morgan fingerprint density at radius 1 is 0.920 bits per heavy atom. The van der Waals surface area contributed by atoms with Crippen LogP contribution in [0.5, 0.6) is 11.5 Å². The van der Waals surface area contributed by atoms with E-state index in [4.69, 9.17) is 9.47 Å². The molecule has 0 spiro atoms. The maximum atomic E-state index is 12.5. The number of carbonyl (C=O) groups is 1. The molecule has 0 aromatic heterocycles. The van der Waals surface area contributed by atoms with Crippen molar-refractivity contribution in [1.82, 2.24) is 4.90 Å². The Kier molecular flexibility index (Phi) is 5.43. The minimum atomic E-state index is 0.176. The lowest BCUT2D eigenvalue weighted by Crippen LogP contribution is -2.49. The molecule has 2 aromatic rings. The summed E-state index contributed by atoms with van der Waals surface area (Å²) < 4.78 is 10.4. The van der Waals surface area contributed by atoms with Crippen molar-refractivity contribution >= 4 is 11.6 Å². The van der Waals surface area contributed by atoms with E-state index in [1.807, 2.05) is 47.4 Å². The van der Waals surface area contributed by atoms with E-state index in [0.29, 0.717) is 6.42 Å². The van der Waals surface area contributed by atoms with Crippen molar-refractivity contribution in [3.63, 3.8) is 0 Å². The van der Waals surface area contributed by atoms with E-state index >= 15 is 0 Å². The van der Waals surface area contributed by atoms with Crippen LogP contribution in [0.2, 0.25) is 0 Å². The van der Waals surface area contributed by atoms with Gasteiger partial charge in [0.15, 0.2) is 0 Å². The topological polar surface area (TPSA) is 42.0 Å². The molecule has 25 heavy (non-hydrogen) atoms. The van der Waals surface area contributed by atoms with Crippen LogP contribution in [0.15, 0.2) is 48.5 Å². The zero-order valence-corrected chi connectivity index (χ0v) is 14.8. The molecule has 1 saturated heterocycles. The van der Waals surface area contributed by atoms with Crippen LogP contribution in [0.4, 0.5) is 5.69 Å². The Morgan fingerprint density at radius 3 is 2.24 bits per heavy atom. The van der Waals surface area contributed by atoms with Gasteiger partial charge in [0, 0.05) is 37.9 Å². The van der Waals surface area contributed by atoms with Crippen molar-refractivity contribution < 1.29 is 14.3 Å². The van der Waals surface area contributed by atoms with Gasteiger partial charge in [-0.25, -0.2) is 0 Å². The summed E-state index contributed by atoms with van der Waals surface area (Å²) >= 11 is 0. The van der Waals surface area contributed by atoms with Crippen LogP contribution in [-0.4, -0.2) is 51.2 Å². The molecule has 0 unspecified atom stereocenters. The third-order valence-corrected chi connectivity index (χ3v) is 4.57. The highest BCUT2D eigenvalue weighted by Crippen LogP contribution is 2.22. The monoisotopic (exact) mass is 340 g/mol. The van der Waals surface area contributed by atoms with Crippen LogP contribution in [0.3, 0.4) is 0 Å². The largest absolute Gasteiger partial charge is 0.497 e. The van der Waals surface area contributed by atoms with Crippen molar-refractivity contribution in [1.29, 1.82) is 0 Å². The standard InChI is InChI=1S/C20H24N2O3/c1-24-18-8-6-16(7-9-18)14-20(23)22-12-10-21(11-13-22)17-4-3-5-19(15-17)25-2/h3-9,15H,10-14H2,1-2H3. The number of ether oxygens (including phenoxy) is 2. The number of piperazine rings is 1. The first-order chi connectivity index (χ1) is 12.2. The van der Waals surface area contributed by atoms with Gasteiger partial charge in [-0.1, -0.05) is 18.2 Å². The first-order valence-electron chi connectivity index (χ1n) is 8.49. The van der Waals surface area contributed by atoms with Gasteiger partial charge in [0.25, 0.3) is 0 Å². The number of methoxy groups -OCH3 is 2. The SMILES string of the molecule is COc1ccc(CC(=O)N2CCN(c3cccc(OC)c3)CC2)cc1. The number of hydrogen-bond acceptors (Lipinski definition) is 4. The summed E-state index contributed by atoms with van der Waals surface area (Å²) in [6.07, 6.45) is 0.434. The predicted octanol–water partition coefficient (Wildman–Crippen LogP) is 2.60. The second kappa shape index (κ2) is 7.92. The van der Waals surface area contributed by atoms with Gasteiger partial charge in [-0.05, 0) is 29.8 Å². The van der Waals surface area contributed by atoms with E-state index in [-0.39, 0.29) is 5.91 Å². The lowest BCUT2D eigenvalue weighted by molar-refractivity contribution is -0.130. The smallest absolute Gasteiger partial charge is 0.227 e. The lowest BCUT2D eigenvalue weighted by atomic mass is 10.1. The maximum Gasteiger partial charge on any atom is 0.227 e. The molecule has 1 aliphatic heterocycles. The van der Waals surface area contributed by atoms with Crippen molar-refractivity contribution in [3.8, 4) is 11.5 Å². The van der Waals surface area contributed by atoms with Gasteiger partial charge in [0.1, 0.15) is 11.5 Å². The van der Waals surface area contributed by atoms with Crippen LogP contribution in [-0.2, 0) is 11.2 Å². The number of carbonyl (C=O) groups excluding carboxylic acids is 1. The average Bonchev–Trinajstić information content (AvgIpc) is 2.68. The van der Waals surface area contributed by atoms with Gasteiger partial charge >= 0.3 is 0 Å². The number of hydrogen-bond donors (Lipinski definition) is 0. The minimum Gasteiger partial charge on any atom is -0.497 e. The molecule has 0 radical (unpaired) electrons. The lowest BCUT2D eigenvalue weighted by Gasteiger charge is -2.36. The molecule has 3 rings (SSSR count). The molecular formula is C20H24N2O3. The van der Waals surface area contributed by atoms with Gasteiger partial charge in [-0.3, -0.25) is 4.79 Å². The molecule has 1 aliphatic rings. The van der Waals surface area contributed by atoms with Crippen LogP contribution >= 0.6 is 0 Å². The number of rotatable bonds is 5. The average molecular weight is 340 g/mol. The molecule has 1 fully saturated rings. The van der Waals surface area contributed by atoms with Gasteiger partial charge in [-0.15, -0.1) is 0 Å². The summed E-state index contributed by atoms with van der Waals surface area (Å²) in [5, 5.41) is 0. The molecule has 132 valence electrons. The summed E-state index contributed by atoms with van der Waals surface area (Å²) in [5.41, 5.74) is 2.16. The fourth-order valence-corrected chi connectivity index (χ4v) is 3.05. The van der Waals surface area contributed by atoms with E-state index in [9.17, 15) is 4.79 Å². The first-order valence-corrected chi connectivity index (χ1v) is 8.49. The second-order valence-corrected chi connectivity index (χ2v) is 6.09. The van der Waals surface area contributed by atoms with Gasteiger partial charge < -0.3 is 19.3 Å². The quantitative estimate of drug-likeness (QED) is 0.839. The number of benzene rings is 2. The molecule has 1 amide bonds. The Balaban J connectivity index is 1.54. The van der Waals surface area contributed by atoms with Gasteiger partial charge in [0.2, 0.25) is 5.91 Å². The summed E-state index contributed by atoms with van der Waals surface area (Å²) in [6, 6.07) is 15.7.